The zero-order valence-electron chi connectivity index (χ0n) is 22.5. The summed E-state index contributed by atoms with van der Waals surface area (Å²) in [6, 6.07) is 22.3. The minimum absolute atomic E-state index is 0.0229. The monoisotopic (exact) mass is 489 g/mol. The van der Waals surface area contributed by atoms with E-state index in [-0.39, 0.29) is 5.41 Å². The first-order valence-electron chi connectivity index (χ1n) is 13.2. The van der Waals surface area contributed by atoms with E-state index in [0.29, 0.717) is 5.92 Å². The summed E-state index contributed by atoms with van der Waals surface area (Å²) in [4.78, 5) is 4.90. The lowest BCUT2D eigenvalue weighted by Gasteiger charge is -2.23. The predicted molar refractivity (Wildman–Crippen MR) is 156 cm³/mol. The molecule has 0 spiro atoms. The fraction of sp³-hybridized carbons (Fsp3) is 0.303. The van der Waals surface area contributed by atoms with Gasteiger partial charge in [-0.05, 0) is 68.2 Å². The number of benzene rings is 3. The molecule has 0 N–H and O–H groups in total. The van der Waals surface area contributed by atoms with Crippen molar-refractivity contribution in [1.29, 1.82) is 0 Å². The predicted octanol–water partition coefficient (Wildman–Crippen LogP) is 7.95. The van der Waals surface area contributed by atoms with Gasteiger partial charge in [0.05, 0.1) is 0 Å². The molecule has 0 fully saturated rings. The normalized spacial score (nSPS) is 14.6. The van der Waals surface area contributed by atoms with Crippen molar-refractivity contribution in [2.75, 3.05) is 0 Å². The second-order valence-electron chi connectivity index (χ2n) is 12.4. The van der Waals surface area contributed by atoms with Crippen LogP contribution in [-0.2, 0) is 11.8 Å². The van der Waals surface area contributed by atoms with Gasteiger partial charge in [0, 0.05) is 22.7 Å². The highest BCUT2D eigenvalue weighted by molar-refractivity contribution is 7.05. The lowest BCUT2D eigenvalue weighted by molar-refractivity contribution is 0.596. The maximum absolute atomic E-state index is 6.83. The Morgan fingerprint density at radius 1 is 0.889 bits per heavy atom. The summed E-state index contributed by atoms with van der Waals surface area (Å²) in [6.45, 7) is 16.5. The molecular formula is C33H35NOSi. The molecule has 5 aromatic rings. The summed E-state index contributed by atoms with van der Waals surface area (Å²) in [5.41, 5.74) is 7.17. The highest BCUT2D eigenvalue weighted by Crippen LogP contribution is 2.40. The quantitative estimate of drug-likeness (QED) is 0.240. The Kier molecular flexibility index (Phi) is 5.11. The zero-order chi connectivity index (χ0) is 25.4. The molecule has 36 heavy (non-hydrogen) atoms. The molecule has 2 nitrogen and oxygen atoms in total. The fourth-order valence-electron chi connectivity index (χ4n) is 6.37. The van der Waals surface area contributed by atoms with Crippen molar-refractivity contribution in [3.05, 3.63) is 78.0 Å². The molecule has 1 aliphatic rings. The van der Waals surface area contributed by atoms with Crippen LogP contribution in [-0.4, -0.2) is 13.1 Å². The summed E-state index contributed by atoms with van der Waals surface area (Å²) in [7, 11) is -1.93. The van der Waals surface area contributed by atoms with Crippen LogP contribution < -0.4 is 10.4 Å². The van der Waals surface area contributed by atoms with Gasteiger partial charge in [0.1, 0.15) is 19.5 Å². The maximum Gasteiger partial charge on any atom is 0.160 e. The van der Waals surface area contributed by atoms with E-state index in [1.54, 1.807) is 5.19 Å². The van der Waals surface area contributed by atoms with Gasteiger partial charge in [0.2, 0.25) is 0 Å². The fourth-order valence-corrected chi connectivity index (χ4v) is 10.1. The van der Waals surface area contributed by atoms with E-state index in [1.165, 1.54) is 38.0 Å². The second-order valence-corrected chi connectivity index (χ2v) is 16.7. The molecule has 3 heterocycles. The highest BCUT2D eigenvalue weighted by Gasteiger charge is 2.43. The van der Waals surface area contributed by atoms with Crippen LogP contribution in [0, 0.1) is 5.92 Å². The largest absolute Gasteiger partial charge is 0.454 e. The van der Waals surface area contributed by atoms with Gasteiger partial charge in [-0.25, -0.2) is 0 Å². The van der Waals surface area contributed by atoms with Crippen molar-refractivity contribution < 1.29 is 4.42 Å². The average molecular weight is 490 g/mol. The van der Waals surface area contributed by atoms with Gasteiger partial charge in [0.25, 0.3) is 0 Å². The van der Waals surface area contributed by atoms with E-state index >= 15 is 0 Å². The number of pyridine rings is 1. The minimum Gasteiger partial charge on any atom is -0.454 e. The van der Waals surface area contributed by atoms with Crippen LogP contribution in [0.4, 0.5) is 0 Å². The molecule has 0 bridgehead atoms. The first kappa shape index (κ1) is 23.2. The number of hydrogen-bond acceptors (Lipinski definition) is 2. The van der Waals surface area contributed by atoms with Crippen molar-refractivity contribution in [3.63, 3.8) is 0 Å². The van der Waals surface area contributed by atoms with Gasteiger partial charge < -0.3 is 4.42 Å². The summed E-state index contributed by atoms with van der Waals surface area (Å²) in [5, 5.41) is 6.79. The first-order chi connectivity index (χ1) is 17.1. The topological polar surface area (TPSA) is 26.0 Å². The second kappa shape index (κ2) is 7.91. The summed E-state index contributed by atoms with van der Waals surface area (Å²) < 4.78 is 6.83. The number of aromatic nitrogens is 1. The van der Waals surface area contributed by atoms with E-state index in [1.807, 2.05) is 6.20 Å². The Labute approximate surface area is 215 Å². The average Bonchev–Trinajstić information content (AvgIpc) is 3.32. The molecule has 0 aliphatic carbocycles. The van der Waals surface area contributed by atoms with E-state index in [2.05, 4.69) is 108 Å². The standard InChI is InChI=1S/C33H35NOSi/c1-20(2)17-22-12-10-14-25-30-32(36(6,7)31(22)25)26-15-16-34-28(29(26)35-30)23-18-21-11-8-9-13-24(21)27(19-23)33(3,4)5/h8-16,18-20H,17H2,1-7H3. The molecule has 3 heteroatoms. The molecule has 3 aromatic carbocycles. The first-order valence-corrected chi connectivity index (χ1v) is 16.2. The summed E-state index contributed by atoms with van der Waals surface area (Å²) >= 11 is 0. The molecule has 0 atom stereocenters. The Morgan fingerprint density at radius 3 is 2.42 bits per heavy atom. The van der Waals surface area contributed by atoms with Crippen LogP contribution in [0.25, 0.3) is 44.3 Å². The van der Waals surface area contributed by atoms with Crippen LogP contribution >= 0.6 is 0 Å². The van der Waals surface area contributed by atoms with Gasteiger partial charge >= 0.3 is 0 Å². The van der Waals surface area contributed by atoms with Gasteiger partial charge in [-0.1, -0.05) is 90.2 Å². The highest BCUT2D eigenvalue weighted by atomic mass is 28.3. The van der Waals surface area contributed by atoms with Crippen molar-refractivity contribution in [2.45, 2.75) is 59.5 Å². The Bertz CT molecular complexity index is 1650. The van der Waals surface area contributed by atoms with Gasteiger partial charge in [-0.15, -0.1) is 0 Å². The molecule has 0 saturated heterocycles. The molecule has 0 unspecified atom stereocenters. The minimum atomic E-state index is -1.93. The van der Waals surface area contributed by atoms with E-state index < -0.39 is 8.07 Å². The molecule has 0 amide bonds. The van der Waals surface area contributed by atoms with Crippen molar-refractivity contribution in [1.82, 2.24) is 4.98 Å². The van der Waals surface area contributed by atoms with Crippen LogP contribution in [0.5, 0.6) is 0 Å². The zero-order valence-corrected chi connectivity index (χ0v) is 23.5. The molecule has 0 saturated carbocycles. The lowest BCUT2D eigenvalue weighted by atomic mass is 9.82. The Hall–Kier alpha value is -3.17. The summed E-state index contributed by atoms with van der Waals surface area (Å²) in [6.07, 6.45) is 3.09. The third-order valence-corrected chi connectivity index (χ3v) is 11.4. The Morgan fingerprint density at radius 2 is 1.67 bits per heavy atom. The molecular weight excluding hydrogens is 454 g/mol. The van der Waals surface area contributed by atoms with Crippen LogP contribution in [0.2, 0.25) is 13.1 Å². The summed E-state index contributed by atoms with van der Waals surface area (Å²) in [5.74, 6) is 1.71. The number of furan rings is 1. The SMILES string of the molecule is CC(C)Cc1cccc2c1[Si](C)(C)c1c-2oc2c(-c3cc(C(C)(C)C)c4ccccc4c3)nccc12. The number of rotatable bonds is 3. The third kappa shape index (κ3) is 3.40. The molecule has 1 aliphatic heterocycles. The van der Waals surface area contributed by atoms with Crippen LogP contribution in [0.15, 0.2) is 71.3 Å². The van der Waals surface area contributed by atoms with Gasteiger partial charge in [0.15, 0.2) is 5.58 Å². The molecule has 182 valence electrons. The van der Waals surface area contributed by atoms with E-state index in [4.69, 9.17) is 9.40 Å². The molecule has 0 radical (unpaired) electrons. The molecule has 6 rings (SSSR count). The van der Waals surface area contributed by atoms with Crippen molar-refractivity contribution in [2.24, 2.45) is 5.92 Å². The lowest BCUT2D eigenvalue weighted by Crippen LogP contribution is -2.50. The third-order valence-electron chi connectivity index (χ3n) is 7.82. The van der Waals surface area contributed by atoms with Gasteiger partial charge in [-0.3, -0.25) is 4.98 Å². The number of nitrogens with zero attached hydrogens (tertiary/aromatic N) is 1. The smallest absolute Gasteiger partial charge is 0.160 e. The van der Waals surface area contributed by atoms with Crippen molar-refractivity contribution in [3.8, 4) is 22.6 Å². The van der Waals surface area contributed by atoms with E-state index in [0.717, 1.165) is 29.0 Å². The molecule has 2 aromatic heterocycles. The number of fused-ring (bicyclic) bond motifs is 6. The van der Waals surface area contributed by atoms with E-state index in [9.17, 15) is 0 Å². The van der Waals surface area contributed by atoms with Crippen LogP contribution in [0.1, 0.15) is 45.7 Å². The van der Waals surface area contributed by atoms with Gasteiger partial charge in [-0.2, -0.15) is 0 Å². The Balaban J connectivity index is 1.62. The maximum atomic E-state index is 6.83. The van der Waals surface area contributed by atoms with Crippen molar-refractivity contribution >= 4 is 40.2 Å². The number of hydrogen-bond donors (Lipinski definition) is 0. The van der Waals surface area contributed by atoms with Crippen LogP contribution in [0.3, 0.4) is 0 Å².